The largest absolute Gasteiger partial charge is 0.289 e. The van der Waals surface area contributed by atoms with Gasteiger partial charge in [-0.1, -0.05) is 11.6 Å². The Morgan fingerprint density at radius 1 is 1.33 bits per heavy atom. The van der Waals surface area contributed by atoms with Crippen LogP contribution in [-0.4, -0.2) is 15.2 Å². The molecule has 106 valence electrons. The van der Waals surface area contributed by atoms with Crippen LogP contribution in [0.3, 0.4) is 0 Å². The minimum absolute atomic E-state index is 0.0624. The average Bonchev–Trinajstić information content (AvgIpc) is 3.00. The molecule has 2 heterocycles. The van der Waals surface area contributed by atoms with Crippen molar-refractivity contribution in [3.63, 3.8) is 0 Å². The third-order valence-electron chi connectivity index (χ3n) is 2.85. The summed E-state index contributed by atoms with van der Waals surface area (Å²) < 4.78 is 27.7. The first-order valence-electron chi connectivity index (χ1n) is 5.85. The Morgan fingerprint density at radius 2 is 2.14 bits per heavy atom. The van der Waals surface area contributed by atoms with Crippen LogP contribution in [0.15, 0.2) is 35.9 Å². The molecule has 0 fully saturated rings. The number of rotatable bonds is 3. The number of ketones is 1. The average molecular weight is 325 g/mol. The number of carbonyl (C=O) groups excluding carboxylic acids is 1. The van der Waals surface area contributed by atoms with Crippen molar-refractivity contribution < 1.29 is 13.6 Å². The van der Waals surface area contributed by atoms with Gasteiger partial charge in [0.1, 0.15) is 0 Å². The number of thiazole rings is 1. The molecule has 7 heteroatoms. The molecule has 0 N–H and O–H groups in total. The van der Waals surface area contributed by atoms with Crippen LogP contribution in [0.25, 0.3) is 11.0 Å². The minimum Gasteiger partial charge on any atom is -0.289 e. The summed E-state index contributed by atoms with van der Waals surface area (Å²) in [6, 6.07) is 3.00. The van der Waals surface area contributed by atoms with Gasteiger partial charge in [-0.05, 0) is 30.4 Å². The summed E-state index contributed by atoms with van der Waals surface area (Å²) in [4.78, 5) is 16.8. The lowest BCUT2D eigenvalue weighted by Crippen LogP contribution is -1.97. The van der Waals surface area contributed by atoms with Crippen molar-refractivity contribution in [2.45, 2.75) is 0 Å². The van der Waals surface area contributed by atoms with Gasteiger partial charge in [-0.25, -0.2) is 13.8 Å². The van der Waals surface area contributed by atoms with Crippen molar-refractivity contribution >= 4 is 39.8 Å². The summed E-state index contributed by atoms with van der Waals surface area (Å²) in [6.45, 7) is 0. The topological polar surface area (TPSA) is 34.4 Å². The third-order valence-corrected chi connectivity index (χ3v) is 3.89. The molecule has 0 bridgehead atoms. The van der Waals surface area contributed by atoms with E-state index in [4.69, 9.17) is 11.6 Å². The second-order valence-electron chi connectivity index (χ2n) is 4.17. The van der Waals surface area contributed by atoms with E-state index in [2.05, 4.69) is 4.98 Å². The second kappa shape index (κ2) is 5.38. The molecule has 0 radical (unpaired) electrons. The number of aromatic nitrogens is 2. The molecule has 0 aliphatic rings. The Balaban J connectivity index is 1.91. The van der Waals surface area contributed by atoms with Gasteiger partial charge in [0, 0.05) is 17.1 Å². The Kier molecular flexibility index (Phi) is 3.57. The monoisotopic (exact) mass is 324 g/mol. The number of hydrogen-bond donors (Lipinski definition) is 0. The summed E-state index contributed by atoms with van der Waals surface area (Å²) in [6.07, 6.45) is 4.53. The maximum Gasteiger partial charge on any atom is 0.195 e. The molecule has 3 rings (SSSR count). The summed E-state index contributed by atoms with van der Waals surface area (Å²) >= 11 is 7.40. The summed E-state index contributed by atoms with van der Waals surface area (Å²) in [7, 11) is 0. The fourth-order valence-corrected chi connectivity index (χ4v) is 2.83. The van der Waals surface area contributed by atoms with Gasteiger partial charge in [-0.15, -0.1) is 11.3 Å². The first-order chi connectivity index (χ1) is 10.1. The normalized spacial score (nSPS) is 11.6. The van der Waals surface area contributed by atoms with E-state index in [1.165, 1.54) is 29.6 Å². The lowest BCUT2D eigenvalue weighted by molar-refractivity contribution is 0.104. The van der Waals surface area contributed by atoms with Gasteiger partial charge >= 0.3 is 0 Å². The SMILES string of the molecule is O=C(/C=C/c1c(Cl)nc2sccn12)c1ccc(F)c(F)c1. The van der Waals surface area contributed by atoms with E-state index in [-0.39, 0.29) is 10.7 Å². The van der Waals surface area contributed by atoms with Crippen molar-refractivity contribution in [3.05, 3.63) is 63.9 Å². The number of nitrogens with zero attached hydrogens (tertiary/aromatic N) is 2. The number of imidazole rings is 1. The molecule has 0 saturated heterocycles. The predicted octanol–water partition coefficient (Wildman–Crippen LogP) is 4.22. The molecule has 2 aromatic heterocycles. The zero-order chi connectivity index (χ0) is 15.0. The molecule has 21 heavy (non-hydrogen) atoms. The van der Waals surface area contributed by atoms with Crippen LogP contribution in [0.1, 0.15) is 16.1 Å². The minimum atomic E-state index is -1.06. The van der Waals surface area contributed by atoms with Gasteiger partial charge in [-0.3, -0.25) is 9.20 Å². The number of benzene rings is 1. The number of hydrogen-bond acceptors (Lipinski definition) is 3. The molecular formula is C14H7ClF2N2OS. The molecule has 0 unspecified atom stereocenters. The molecule has 1 aromatic carbocycles. The first-order valence-corrected chi connectivity index (χ1v) is 7.10. The van der Waals surface area contributed by atoms with Gasteiger partial charge in [-0.2, -0.15) is 0 Å². The van der Waals surface area contributed by atoms with E-state index in [1.54, 1.807) is 10.6 Å². The summed E-state index contributed by atoms with van der Waals surface area (Å²) in [5, 5.41) is 2.11. The van der Waals surface area contributed by atoms with Gasteiger partial charge in [0.2, 0.25) is 0 Å². The Hall–Kier alpha value is -2.05. The highest BCUT2D eigenvalue weighted by Crippen LogP contribution is 2.22. The lowest BCUT2D eigenvalue weighted by atomic mass is 10.1. The first kappa shape index (κ1) is 13.9. The van der Waals surface area contributed by atoms with Gasteiger partial charge in [0.25, 0.3) is 0 Å². The van der Waals surface area contributed by atoms with E-state index in [9.17, 15) is 13.6 Å². The van der Waals surface area contributed by atoms with Gasteiger partial charge < -0.3 is 0 Å². The van der Waals surface area contributed by atoms with Crippen LogP contribution < -0.4 is 0 Å². The van der Waals surface area contributed by atoms with E-state index in [0.29, 0.717) is 10.7 Å². The van der Waals surface area contributed by atoms with Gasteiger partial charge in [0.15, 0.2) is 27.5 Å². The standard InChI is InChI=1S/C14H7ClF2N2OS/c15-13-11(19-5-6-21-14(19)18-13)3-4-12(20)8-1-2-9(16)10(17)7-8/h1-7H/b4-3+. The molecular weight excluding hydrogens is 318 g/mol. The molecule has 0 aliphatic carbocycles. The molecule has 0 spiro atoms. The Bertz CT molecular complexity index is 869. The van der Waals surface area contributed by atoms with Crippen LogP contribution >= 0.6 is 22.9 Å². The number of halogens is 3. The van der Waals surface area contributed by atoms with Crippen LogP contribution in [0.2, 0.25) is 5.15 Å². The second-order valence-corrected chi connectivity index (χ2v) is 5.40. The molecule has 3 nitrogen and oxygen atoms in total. The maximum atomic E-state index is 13.1. The highest BCUT2D eigenvalue weighted by molar-refractivity contribution is 7.15. The summed E-state index contributed by atoms with van der Waals surface area (Å²) in [5.41, 5.74) is 0.621. The molecule has 0 amide bonds. The maximum absolute atomic E-state index is 13.1. The van der Waals surface area contributed by atoms with Crippen LogP contribution in [0, 0.1) is 11.6 Å². The van der Waals surface area contributed by atoms with Crippen molar-refractivity contribution in [3.8, 4) is 0 Å². The number of carbonyl (C=O) groups is 1. The zero-order valence-electron chi connectivity index (χ0n) is 10.4. The molecule has 0 saturated carbocycles. The number of fused-ring (bicyclic) bond motifs is 1. The smallest absolute Gasteiger partial charge is 0.195 e. The van der Waals surface area contributed by atoms with Crippen molar-refractivity contribution in [1.82, 2.24) is 9.38 Å². The Morgan fingerprint density at radius 3 is 2.90 bits per heavy atom. The van der Waals surface area contributed by atoms with Crippen LogP contribution in [0.4, 0.5) is 8.78 Å². The molecule has 3 aromatic rings. The van der Waals surface area contributed by atoms with Crippen LogP contribution in [0.5, 0.6) is 0 Å². The molecule has 0 aliphatic heterocycles. The predicted molar refractivity (Wildman–Crippen MR) is 77.8 cm³/mol. The van der Waals surface area contributed by atoms with E-state index in [0.717, 1.165) is 12.1 Å². The summed E-state index contributed by atoms with van der Waals surface area (Å²) in [5.74, 6) is -2.50. The van der Waals surface area contributed by atoms with Crippen LogP contribution in [-0.2, 0) is 0 Å². The Labute approximate surface area is 127 Å². The zero-order valence-corrected chi connectivity index (χ0v) is 12.0. The van der Waals surface area contributed by atoms with E-state index in [1.807, 2.05) is 5.38 Å². The highest BCUT2D eigenvalue weighted by Gasteiger charge is 2.10. The molecule has 0 atom stereocenters. The fourth-order valence-electron chi connectivity index (χ4n) is 1.83. The number of allylic oxidation sites excluding steroid dienone is 1. The van der Waals surface area contributed by atoms with Crippen molar-refractivity contribution in [2.24, 2.45) is 0 Å². The lowest BCUT2D eigenvalue weighted by Gasteiger charge is -1.97. The van der Waals surface area contributed by atoms with Gasteiger partial charge in [0.05, 0.1) is 5.69 Å². The van der Waals surface area contributed by atoms with E-state index < -0.39 is 17.4 Å². The third kappa shape index (κ3) is 2.59. The fraction of sp³-hybridized carbons (Fsp3) is 0. The highest BCUT2D eigenvalue weighted by atomic mass is 35.5. The van der Waals surface area contributed by atoms with Crippen molar-refractivity contribution in [1.29, 1.82) is 0 Å². The van der Waals surface area contributed by atoms with E-state index >= 15 is 0 Å². The quantitative estimate of drug-likeness (QED) is 0.534. The van der Waals surface area contributed by atoms with Crippen molar-refractivity contribution in [2.75, 3.05) is 0 Å².